The zero-order chi connectivity index (χ0) is 23.3. The molecule has 8 heteroatoms. The van der Waals surface area contributed by atoms with Gasteiger partial charge in [0, 0.05) is 19.4 Å². The van der Waals surface area contributed by atoms with Crippen molar-refractivity contribution in [2.45, 2.75) is 109 Å². The van der Waals surface area contributed by atoms with E-state index in [4.69, 9.17) is 4.55 Å². The van der Waals surface area contributed by atoms with Crippen LogP contribution in [0, 0.1) is 0 Å². The minimum Gasteiger partial charge on any atom is -0.391 e. The van der Waals surface area contributed by atoms with Crippen molar-refractivity contribution in [3.8, 4) is 0 Å². The highest BCUT2D eigenvalue weighted by atomic mass is 32.3. The van der Waals surface area contributed by atoms with Crippen LogP contribution in [-0.2, 0) is 19.4 Å². The topological polar surface area (TPSA) is 104 Å². The van der Waals surface area contributed by atoms with Gasteiger partial charge in [-0.1, -0.05) is 84.0 Å². The van der Waals surface area contributed by atoms with Gasteiger partial charge in [-0.05, 0) is 20.5 Å². The number of hydrogen-bond donors (Lipinski definition) is 2. The highest BCUT2D eigenvalue weighted by Crippen LogP contribution is 2.13. The second-order valence-electron chi connectivity index (χ2n) is 8.25. The summed E-state index contributed by atoms with van der Waals surface area (Å²) >= 11 is 0. The molecule has 1 atom stereocenters. The molecule has 30 heavy (non-hydrogen) atoms. The Morgan fingerprint density at radius 2 is 1.23 bits per heavy atom. The van der Waals surface area contributed by atoms with Crippen LogP contribution in [0.25, 0.3) is 0 Å². The summed E-state index contributed by atoms with van der Waals surface area (Å²) in [5.74, 6) is 0.215. The summed E-state index contributed by atoms with van der Waals surface area (Å²) in [6.45, 7) is 2.84. The van der Waals surface area contributed by atoms with E-state index in [1.54, 1.807) is 0 Å². The van der Waals surface area contributed by atoms with Crippen LogP contribution in [0.3, 0.4) is 0 Å². The second kappa shape index (κ2) is 21.7. The molecule has 0 bridgehead atoms. The lowest BCUT2D eigenvalue weighted by Gasteiger charge is -2.14. The third kappa shape index (κ3) is 29.7. The molecule has 0 fully saturated rings. The van der Waals surface area contributed by atoms with E-state index in [1.165, 1.54) is 70.6 Å². The molecule has 0 aromatic heterocycles. The van der Waals surface area contributed by atoms with Crippen LogP contribution in [0.1, 0.15) is 103 Å². The zero-order valence-corrected chi connectivity index (χ0v) is 20.6. The maximum absolute atomic E-state index is 11.8. The van der Waals surface area contributed by atoms with Gasteiger partial charge < -0.3 is 10.0 Å². The molecule has 0 heterocycles. The average molecular weight is 454 g/mol. The Balaban J connectivity index is 0. The van der Waals surface area contributed by atoms with Gasteiger partial charge in [-0.3, -0.25) is 13.5 Å². The van der Waals surface area contributed by atoms with Crippen molar-refractivity contribution in [1.82, 2.24) is 4.90 Å². The van der Waals surface area contributed by atoms with Gasteiger partial charge in [-0.25, -0.2) is 0 Å². The summed E-state index contributed by atoms with van der Waals surface area (Å²) in [6, 6.07) is 0. The smallest absolute Gasteiger partial charge is 0.391 e. The second-order valence-corrected chi connectivity index (χ2v) is 9.43. The van der Waals surface area contributed by atoms with Crippen molar-refractivity contribution in [3.63, 3.8) is 0 Å². The van der Waals surface area contributed by atoms with Crippen molar-refractivity contribution >= 4 is 16.2 Å². The van der Waals surface area contributed by atoms with Gasteiger partial charge in [0.15, 0.2) is 0 Å². The van der Waals surface area contributed by atoms with Crippen LogP contribution in [0.5, 0.6) is 0 Å². The Kier molecular flexibility index (Phi) is 22.9. The maximum Gasteiger partial charge on any atom is 0.397 e. The Morgan fingerprint density at radius 3 is 1.57 bits per heavy atom. The lowest BCUT2D eigenvalue weighted by Crippen LogP contribution is -2.27. The quantitative estimate of drug-likeness (QED) is 0.214. The molecule has 7 nitrogen and oxygen atoms in total. The lowest BCUT2D eigenvalue weighted by molar-refractivity contribution is -0.121. The molecule has 0 amide bonds. The van der Waals surface area contributed by atoms with Gasteiger partial charge in [-0.2, -0.15) is 8.42 Å². The first kappa shape index (κ1) is 31.6. The molecule has 0 saturated heterocycles. The molecule has 2 N–H and O–H groups in total. The van der Waals surface area contributed by atoms with Gasteiger partial charge in [-0.15, -0.1) is 0 Å². The van der Waals surface area contributed by atoms with E-state index in [-0.39, 0.29) is 5.78 Å². The predicted octanol–water partition coefficient (Wildman–Crippen LogP) is 4.79. The lowest BCUT2D eigenvalue weighted by atomic mass is 10.0. The fraction of sp³-hybridized carbons (Fsp3) is 0.955. The number of Topliss-reactive ketones (excluding diaryl/α,β-unsaturated/α-hetero) is 1. The first-order valence-corrected chi connectivity index (χ1v) is 12.9. The molecule has 0 saturated carbocycles. The monoisotopic (exact) mass is 453 g/mol. The number of ketones is 1. The van der Waals surface area contributed by atoms with Gasteiger partial charge >= 0.3 is 10.4 Å². The summed E-state index contributed by atoms with van der Waals surface area (Å²) in [6.07, 6.45) is 17.7. The number of aliphatic hydroxyl groups is 1. The van der Waals surface area contributed by atoms with E-state index in [2.05, 4.69) is 11.1 Å². The Hall–Kier alpha value is -0.540. The van der Waals surface area contributed by atoms with Crippen molar-refractivity contribution in [2.24, 2.45) is 0 Å². The van der Waals surface area contributed by atoms with Crippen LogP contribution in [-0.4, -0.2) is 62.6 Å². The molecule has 0 aliphatic rings. The maximum atomic E-state index is 11.8. The van der Waals surface area contributed by atoms with Crippen LogP contribution in [0.2, 0.25) is 0 Å². The molecule has 0 spiro atoms. The van der Waals surface area contributed by atoms with E-state index in [9.17, 15) is 18.3 Å². The van der Waals surface area contributed by atoms with Gasteiger partial charge in [0.1, 0.15) is 5.78 Å². The largest absolute Gasteiger partial charge is 0.397 e. The van der Waals surface area contributed by atoms with Crippen molar-refractivity contribution in [2.75, 3.05) is 27.7 Å². The summed E-state index contributed by atoms with van der Waals surface area (Å²) in [4.78, 5) is 13.7. The normalized spacial score (nSPS) is 12.5. The van der Waals surface area contributed by atoms with Crippen molar-refractivity contribution < 1.29 is 27.1 Å². The molecule has 0 rings (SSSR count). The number of nitrogens with zero attached hydrogens (tertiary/aromatic N) is 1. The summed E-state index contributed by atoms with van der Waals surface area (Å²) in [7, 11) is 0.542. The highest BCUT2D eigenvalue weighted by Gasteiger charge is 2.11. The summed E-state index contributed by atoms with van der Waals surface area (Å²) in [5.41, 5.74) is 0. The molecule has 0 aromatic rings. The Morgan fingerprint density at radius 1 is 0.867 bits per heavy atom. The van der Waals surface area contributed by atoms with Crippen LogP contribution in [0.15, 0.2) is 0 Å². The highest BCUT2D eigenvalue weighted by molar-refractivity contribution is 7.80. The molecular weight excluding hydrogens is 406 g/mol. The Labute approximate surface area is 185 Å². The van der Waals surface area contributed by atoms with Crippen LogP contribution < -0.4 is 0 Å². The average Bonchev–Trinajstić information content (AvgIpc) is 2.64. The van der Waals surface area contributed by atoms with E-state index in [1.807, 2.05) is 19.0 Å². The number of unbranched alkanes of at least 4 members (excludes halogenated alkanes) is 12. The van der Waals surface area contributed by atoms with E-state index < -0.39 is 16.5 Å². The molecule has 182 valence electrons. The SMILES string of the molecule is CCCCCCCCCCCCCCCC(=O)CC(O)CN(C)C.COS(=O)(=O)O. The first-order valence-electron chi connectivity index (χ1n) is 11.5. The molecule has 0 aromatic carbocycles. The standard InChI is InChI=1S/C21H43NO2.CH4O4S/c1-4-5-6-7-8-9-10-11-12-13-14-15-16-17-20(23)18-21(24)19-22(2)3;1-5-6(2,3)4/h21,24H,4-19H2,1-3H3;1H3,(H,2,3,4). The summed E-state index contributed by atoms with van der Waals surface area (Å²) in [5, 5.41) is 9.73. The number of likely N-dealkylation sites (N-methyl/N-ethyl adjacent to an activating group) is 1. The number of aliphatic hydroxyl groups excluding tert-OH is 1. The van der Waals surface area contributed by atoms with E-state index in [0.29, 0.717) is 19.4 Å². The third-order valence-electron chi connectivity index (χ3n) is 4.81. The van der Waals surface area contributed by atoms with E-state index >= 15 is 0 Å². The predicted molar refractivity (Wildman–Crippen MR) is 123 cm³/mol. The van der Waals surface area contributed by atoms with Gasteiger partial charge in [0.05, 0.1) is 13.2 Å². The van der Waals surface area contributed by atoms with Crippen molar-refractivity contribution in [3.05, 3.63) is 0 Å². The zero-order valence-electron chi connectivity index (χ0n) is 19.8. The first-order chi connectivity index (χ1) is 14.1. The molecule has 0 aliphatic heterocycles. The molecular formula is C22H47NO6S. The number of carbonyl (C=O) groups is 1. The van der Waals surface area contributed by atoms with Crippen molar-refractivity contribution in [1.29, 1.82) is 0 Å². The molecule has 0 radical (unpaired) electrons. The van der Waals surface area contributed by atoms with Gasteiger partial charge in [0.25, 0.3) is 0 Å². The Bertz CT molecular complexity index is 482. The number of rotatable bonds is 19. The third-order valence-corrected chi connectivity index (χ3v) is 5.23. The van der Waals surface area contributed by atoms with Crippen LogP contribution in [0.4, 0.5) is 0 Å². The van der Waals surface area contributed by atoms with Gasteiger partial charge in [0.2, 0.25) is 0 Å². The fourth-order valence-electron chi connectivity index (χ4n) is 3.19. The molecule has 0 aliphatic carbocycles. The minimum absolute atomic E-state index is 0.215. The fourth-order valence-corrected chi connectivity index (χ4v) is 3.19. The van der Waals surface area contributed by atoms with Crippen LogP contribution >= 0.6 is 0 Å². The van der Waals surface area contributed by atoms with E-state index in [0.717, 1.165) is 20.0 Å². The number of hydrogen-bond acceptors (Lipinski definition) is 6. The minimum atomic E-state index is -4.16. The summed E-state index contributed by atoms with van der Waals surface area (Å²) < 4.78 is 29.7. The number of carbonyl (C=O) groups excluding carboxylic acids is 1. The molecule has 1 unspecified atom stereocenters.